The molecule has 0 unspecified atom stereocenters. The van der Waals surface area contributed by atoms with E-state index >= 15 is 0 Å². The minimum absolute atomic E-state index is 0.116. The van der Waals surface area contributed by atoms with Crippen molar-refractivity contribution < 1.29 is 12.8 Å². The molecule has 0 bridgehead atoms. The van der Waals surface area contributed by atoms with Crippen molar-refractivity contribution in [2.24, 2.45) is 5.73 Å². The highest BCUT2D eigenvalue weighted by molar-refractivity contribution is 9.11. The third kappa shape index (κ3) is 3.64. The first-order chi connectivity index (χ1) is 9.42. The fourth-order valence-electron chi connectivity index (χ4n) is 1.57. The summed E-state index contributed by atoms with van der Waals surface area (Å²) in [5, 5.41) is 0. The summed E-state index contributed by atoms with van der Waals surface area (Å²) in [5.74, 6) is -0.790. The zero-order valence-electron chi connectivity index (χ0n) is 10.3. The van der Waals surface area contributed by atoms with Crippen LogP contribution in [0.1, 0.15) is 10.4 Å². The number of rotatable bonds is 5. The van der Waals surface area contributed by atoms with Crippen LogP contribution in [0.2, 0.25) is 0 Å². The van der Waals surface area contributed by atoms with Crippen LogP contribution >= 0.6 is 27.3 Å². The van der Waals surface area contributed by atoms with Crippen molar-refractivity contribution >= 4 is 37.3 Å². The van der Waals surface area contributed by atoms with Crippen molar-refractivity contribution in [3.63, 3.8) is 0 Å². The molecule has 4 nitrogen and oxygen atoms in total. The van der Waals surface area contributed by atoms with E-state index < -0.39 is 15.8 Å². The van der Waals surface area contributed by atoms with Gasteiger partial charge in [-0.3, -0.25) is 0 Å². The van der Waals surface area contributed by atoms with E-state index in [1.165, 1.54) is 23.5 Å². The molecule has 0 aliphatic rings. The van der Waals surface area contributed by atoms with Gasteiger partial charge in [0, 0.05) is 18.0 Å². The highest BCUT2D eigenvalue weighted by atomic mass is 79.9. The van der Waals surface area contributed by atoms with Crippen LogP contribution in [0.3, 0.4) is 0 Å². The van der Waals surface area contributed by atoms with Crippen LogP contribution in [0, 0.1) is 5.82 Å². The summed E-state index contributed by atoms with van der Waals surface area (Å²) in [6, 6.07) is 7.44. The molecule has 1 aromatic carbocycles. The molecule has 2 rings (SSSR count). The molecule has 8 heteroatoms. The number of nitrogens with two attached hydrogens (primary N) is 1. The summed E-state index contributed by atoms with van der Waals surface area (Å²) in [6.07, 6.45) is 0. The van der Waals surface area contributed by atoms with Gasteiger partial charge in [0.05, 0.1) is 3.79 Å². The van der Waals surface area contributed by atoms with Crippen LogP contribution < -0.4 is 10.5 Å². The molecule has 0 fully saturated rings. The monoisotopic (exact) mass is 378 g/mol. The van der Waals surface area contributed by atoms with Crippen LogP contribution in [0.25, 0.3) is 0 Å². The van der Waals surface area contributed by atoms with E-state index in [4.69, 9.17) is 5.73 Å². The van der Waals surface area contributed by atoms with E-state index in [0.29, 0.717) is 5.56 Å². The normalized spacial score (nSPS) is 11.8. The van der Waals surface area contributed by atoms with Crippen molar-refractivity contribution in [1.82, 2.24) is 4.72 Å². The predicted molar refractivity (Wildman–Crippen MR) is 80.3 cm³/mol. The van der Waals surface area contributed by atoms with Gasteiger partial charge in [0.2, 0.25) is 10.0 Å². The van der Waals surface area contributed by atoms with Crippen molar-refractivity contribution in [2.45, 2.75) is 18.0 Å². The molecule has 0 saturated heterocycles. The van der Waals surface area contributed by atoms with Crippen molar-refractivity contribution in [2.75, 3.05) is 0 Å². The maximum atomic E-state index is 13.7. The van der Waals surface area contributed by atoms with Gasteiger partial charge in [-0.1, -0.05) is 6.07 Å². The van der Waals surface area contributed by atoms with Crippen LogP contribution in [0.5, 0.6) is 0 Å². The van der Waals surface area contributed by atoms with E-state index in [1.807, 2.05) is 6.07 Å². The second-order valence-corrected chi connectivity index (χ2v) is 8.28. The smallest absolute Gasteiger partial charge is 0.243 e. The molecule has 1 aromatic heterocycles. The molecule has 20 heavy (non-hydrogen) atoms. The Balaban J connectivity index is 2.21. The van der Waals surface area contributed by atoms with Crippen molar-refractivity contribution in [3.8, 4) is 0 Å². The molecule has 0 radical (unpaired) electrons. The summed E-state index contributed by atoms with van der Waals surface area (Å²) >= 11 is 4.71. The van der Waals surface area contributed by atoms with E-state index in [-0.39, 0.29) is 18.0 Å². The number of halogens is 2. The lowest BCUT2D eigenvalue weighted by molar-refractivity contribution is 0.556. The SMILES string of the molecule is NCc1ccc(F)c(S(=O)(=O)NCc2ccc(Br)s2)c1. The highest BCUT2D eigenvalue weighted by Crippen LogP contribution is 2.23. The van der Waals surface area contributed by atoms with Gasteiger partial charge in [0.25, 0.3) is 0 Å². The van der Waals surface area contributed by atoms with Gasteiger partial charge in [-0.2, -0.15) is 0 Å². The van der Waals surface area contributed by atoms with Gasteiger partial charge in [-0.15, -0.1) is 11.3 Å². The lowest BCUT2D eigenvalue weighted by Crippen LogP contribution is -2.24. The number of nitrogens with one attached hydrogen (secondary N) is 1. The largest absolute Gasteiger partial charge is 0.326 e. The maximum Gasteiger partial charge on any atom is 0.243 e. The molecule has 0 amide bonds. The molecule has 0 spiro atoms. The molecule has 1 heterocycles. The molecule has 0 saturated carbocycles. The first-order valence-corrected chi connectivity index (χ1v) is 8.74. The Kier molecular flexibility index (Phi) is 4.92. The second-order valence-electron chi connectivity index (χ2n) is 4.00. The van der Waals surface area contributed by atoms with Gasteiger partial charge in [0.15, 0.2) is 0 Å². The molecular weight excluding hydrogens is 367 g/mol. The Labute approximate surface area is 129 Å². The Bertz CT molecular complexity index is 716. The number of hydrogen-bond acceptors (Lipinski definition) is 4. The molecule has 3 N–H and O–H groups in total. The third-order valence-corrected chi connectivity index (χ3v) is 5.63. The molecular formula is C12H12BrFN2O2S2. The third-order valence-electron chi connectivity index (χ3n) is 2.59. The fourth-order valence-corrected chi connectivity index (χ4v) is 4.22. The van der Waals surface area contributed by atoms with E-state index in [9.17, 15) is 12.8 Å². The number of hydrogen-bond donors (Lipinski definition) is 2. The fraction of sp³-hybridized carbons (Fsp3) is 0.167. The standard InChI is InChI=1S/C12H12BrFN2O2S2/c13-12-4-2-9(19-12)7-16-20(17,18)11-5-8(6-15)1-3-10(11)14/h1-5,16H,6-7,15H2. The van der Waals surface area contributed by atoms with Crippen LogP contribution in [-0.2, 0) is 23.1 Å². The van der Waals surface area contributed by atoms with E-state index in [0.717, 1.165) is 14.7 Å². The Morgan fingerprint density at radius 3 is 2.65 bits per heavy atom. The Morgan fingerprint density at radius 1 is 1.30 bits per heavy atom. The molecule has 0 atom stereocenters. The van der Waals surface area contributed by atoms with Gasteiger partial charge in [-0.25, -0.2) is 17.5 Å². The number of thiophene rings is 1. The second kappa shape index (κ2) is 6.31. The van der Waals surface area contributed by atoms with Crippen molar-refractivity contribution in [1.29, 1.82) is 0 Å². The summed E-state index contributed by atoms with van der Waals surface area (Å²) in [4.78, 5) is 0.451. The molecule has 2 aromatic rings. The summed E-state index contributed by atoms with van der Waals surface area (Å²) in [5.41, 5.74) is 6.00. The first kappa shape index (κ1) is 15.6. The molecule has 0 aliphatic carbocycles. The van der Waals surface area contributed by atoms with E-state index in [1.54, 1.807) is 6.07 Å². The van der Waals surface area contributed by atoms with Gasteiger partial charge in [0.1, 0.15) is 10.7 Å². The summed E-state index contributed by atoms with van der Waals surface area (Å²) < 4.78 is 41.2. The lowest BCUT2D eigenvalue weighted by Gasteiger charge is -2.08. The predicted octanol–water partition coefficient (Wildman–Crippen LogP) is 2.59. The Morgan fingerprint density at radius 2 is 2.05 bits per heavy atom. The minimum atomic E-state index is -3.90. The van der Waals surface area contributed by atoms with Gasteiger partial charge < -0.3 is 5.73 Å². The minimum Gasteiger partial charge on any atom is -0.326 e. The zero-order chi connectivity index (χ0) is 14.8. The van der Waals surface area contributed by atoms with E-state index in [2.05, 4.69) is 20.7 Å². The van der Waals surface area contributed by atoms with Gasteiger partial charge in [-0.05, 0) is 45.8 Å². The Hall–Kier alpha value is -0.800. The molecule has 0 aliphatic heterocycles. The highest BCUT2D eigenvalue weighted by Gasteiger charge is 2.19. The first-order valence-electron chi connectivity index (χ1n) is 5.65. The van der Waals surface area contributed by atoms with Crippen LogP contribution in [-0.4, -0.2) is 8.42 Å². The number of benzene rings is 1. The molecule has 108 valence electrons. The van der Waals surface area contributed by atoms with Crippen LogP contribution in [0.4, 0.5) is 4.39 Å². The van der Waals surface area contributed by atoms with Crippen LogP contribution in [0.15, 0.2) is 39.0 Å². The average Bonchev–Trinajstić information content (AvgIpc) is 2.83. The topological polar surface area (TPSA) is 72.2 Å². The summed E-state index contributed by atoms with van der Waals surface area (Å²) in [7, 11) is -3.90. The summed E-state index contributed by atoms with van der Waals surface area (Å²) in [6.45, 7) is 0.269. The lowest BCUT2D eigenvalue weighted by atomic mass is 10.2. The maximum absolute atomic E-state index is 13.7. The number of sulfonamides is 1. The van der Waals surface area contributed by atoms with Gasteiger partial charge >= 0.3 is 0 Å². The zero-order valence-corrected chi connectivity index (χ0v) is 13.5. The van der Waals surface area contributed by atoms with Crippen molar-refractivity contribution in [3.05, 3.63) is 50.4 Å². The quantitative estimate of drug-likeness (QED) is 0.839. The average molecular weight is 379 g/mol.